The number of rotatable bonds is 7. The summed E-state index contributed by atoms with van der Waals surface area (Å²) in [5, 5.41) is 12.1. The molecule has 1 aromatic heterocycles. The van der Waals surface area contributed by atoms with E-state index in [-0.39, 0.29) is 17.9 Å². The van der Waals surface area contributed by atoms with Gasteiger partial charge in [0, 0.05) is 16.0 Å². The van der Waals surface area contributed by atoms with Gasteiger partial charge in [0.2, 0.25) is 5.78 Å². The number of para-hydroxylation sites is 2. The van der Waals surface area contributed by atoms with Crippen molar-refractivity contribution in [3.05, 3.63) is 106 Å². The predicted octanol–water partition coefficient (Wildman–Crippen LogP) is 5.88. The Labute approximate surface area is 212 Å². The highest BCUT2D eigenvalue weighted by Crippen LogP contribution is 2.42. The first-order chi connectivity index (χ1) is 17.4. The lowest BCUT2D eigenvalue weighted by Crippen LogP contribution is -2.30. The minimum atomic E-state index is -0.873. The summed E-state index contributed by atoms with van der Waals surface area (Å²) in [6.45, 7) is 0.102. The highest BCUT2D eigenvalue weighted by molar-refractivity contribution is 6.30. The topological polar surface area (TPSA) is 89.2 Å². The number of aliphatic hydroxyl groups is 1. The van der Waals surface area contributed by atoms with Crippen molar-refractivity contribution in [2.45, 2.75) is 12.6 Å². The van der Waals surface area contributed by atoms with E-state index in [2.05, 4.69) is 0 Å². The maximum atomic E-state index is 13.8. The van der Waals surface area contributed by atoms with Crippen molar-refractivity contribution in [3.63, 3.8) is 0 Å². The molecule has 8 heteroatoms. The highest BCUT2D eigenvalue weighted by Gasteiger charge is 2.44. The first-order valence-electron chi connectivity index (χ1n) is 11.2. The maximum absolute atomic E-state index is 13.8. The standard InChI is InChI=1S/C28H22ClNO6/c1-34-20-8-4-3-6-18(20)15-30-24(16-10-12-19(29)13-11-16)23(26(32)28(30)33)25(31)22-14-17-7-5-9-21(35-2)27(17)36-22/h3-14,24,32H,15H2,1-2H3. The third-order valence-corrected chi connectivity index (χ3v) is 6.47. The normalized spacial score (nSPS) is 15.6. The zero-order chi connectivity index (χ0) is 25.4. The second kappa shape index (κ2) is 9.43. The van der Waals surface area contributed by atoms with E-state index in [9.17, 15) is 14.7 Å². The number of hydrogen-bond donors (Lipinski definition) is 1. The number of nitrogens with zero attached hydrogens (tertiary/aromatic N) is 1. The fourth-order valence-corrected chi connectivity index (χ4v) is 4.63. The van der Waals surface area contributed by atoms with Crippen molar-refractivity contribution < 1.29 is 28.6 Å². The van der Waals surface area contributed by atoms with Gasteiger partial charge in [-0.15, -0.1) is 0 Å². The van der Waals surface area contributed by atoms with Crippen LogP contribution >= 0.6 is 11.6 Å². The van der Waals surface area contributed by atoms with Crippen LogP contribution in [0.2, 0.25) is 5.02 Å². The molecule has 0 bridgehead atoms. The minimum Gasteiger partial charge on any atom is -0.503 e. The molecular formula is C28H22ClNO6. The highest BCUT2D eigenvalue weighted by atomic mass is 35.5. The number of ketones is 1. The van der Waals surface area contributed by atoms with Gasteiger partial charge in [0.05, 0.1) is 32.4 Å². The Bertz CT molecular complexity index is 1500. The number of fused-ring (bicyclic) bond motifs is 1. The Morgan fingerprint density at radius 1 is 1.00 bits per heavy atom. The molecule has 0 saturated carbocycles. The van der Waals surface area contributed by atoms with E-state index in [4.69, 9.17) is 25.5 Å². The van der Waals surface area contributed by atoms with Crippen LogP contribution in [-0.2, 0) is 11.3 Å². The van der Waals surface area contributed by atoms with E-state index in [0.29, 0.717) is 33.1 Å². The van der Waals surface area contributed by atoms with Crippen LogP contribution in [0, 0.1) is 0 Å². The van der Waals surface area contributed by atoms with Gasteiger partial charge in [-0.2, -0.15) is 0 Å². The fraction of sp³-hybridized carbons (Fsp3) is 0.143. The lowest BCUT2D eigenvalue weighted by Gasteiger charge is -2.27. The lowest BCUT2D eigenvalue weighted by atomic mass is 9.94. The van der Waals surface area contributed by atoms with Crippen LogP contribution in [-0.4, -0.2) is 35.9 Å². The Hall–Kier alpha value is -4.23. The van der Waals surface area contributed by atoms with E-state index in [1.165, 1.54) is 12.0 Å². The smallest absolute Gasteiger partial charge is 0.290 e. The van der Waals surface area contributed by atoms with Crippen molar-refractivity contribution >= 4 is 34.3 Å². The van der Waals surface area contributed by atoms with Crippen LogP contribution in [0.25, 0.3) is 11.0 Å². The van der Waals surface area contributed by atoms with Gasteiger partial charge in [0.15, 0.2) is 22.9 Å². The Morgan fingerprint density at radius 3 is 2.42 bits per heavy atom. The quantitative estimate of drug-likeness (QED) is 0.317. The molecule has 36 heavy (non-hydrogen) atoms. The van der Waals surface area contributed by atoms with Crippen LogP contribution in [0.3, 0.4) is 0 Å². The molecule has 1 aliphatic rings. The zero-order valence-electron chi connectivity index (χ0n) is 19.5. The van der Waals surface area contributed by atoms with Gasteiger partial charge < -0.3 is 23.9 Å². The fourth-order valence-electron chi connectivity index (χ4n) is 4.50. The van der Waals surface area contributed by atoms with E-state index in [1.807, 2.05) is 18.2 Å². The third-order valence-electron chi connectivity index (χ3n) is 6.22. The van der Waals surface area contributed by atoms with Gasteiger partial charge in [-0.05, 0) is 35.9 Å². The van der Waals surface area contributed by atoms with Crippen LogP contribution in [0.15, 0.2) is 88.5 Å². The summed E-state index contributed by atoms with van der Waals surface area (Å²) in [6, 6.07) is 20.1. The van der Waals surface area contributed by atoms with E-state index in [1.54, 1.807) is 61.7 Å². The number of furan rings is 1. The SMILES string of the molecule is COc1ccccc1CN1C(=O)C(O)=C(C(=O)c2cc3cccc(OC)c3o2)C1c1ccc(Cl)cc1. The Morgan fingerprint density at radius 2 is 1.69 bits per heavy atom. The second-order valence-corrected chi connectivity index (χ2v) is 8.72. The molecule has 2 heterocycles. The average Bonchev–Trinajstić information content (AvgIpc) is 3.44. The summed E-state index contributed by atoms with van der Waals surface area (Å²) in [6.07, 6.45) is 0. The molecule has 0 saturated heterocycles. The largest absolute Gasteiger partial charge is 0.503 e. The maximum Gasteiger partial charge on any atom is 0.290 e. The van der Waals surface area contributed by atoms with Crippen molar-refractivity contribution in [1.82, 2.24) is 4.90 Å². The van der Waals surface area contributed by atoms with Crippen LogP contribution in [0.1, 0.15) is 27.7 Å². The summed E-state index contributed by atoms with van der Waals surface area (Å²) in [5.41, 5.74) is 1.67. The molecule has 0 aliphatic carbocycles. The third kappa shape index (κ3) is 3.97. The number of carbonyl (C=O) groups is 2. The molecule has 1 amide bonds. The number of methoxy groups -OCH3 is 2. The van der Waals surface area contributed by atoms with Gasteiger partial charge in [0.1, 0.15) is 5.75 Å². The van der Waals surface area contributed by atoms with E-state index in [0.717, 1.165) is 5.56 Å². The number of halogens is 1. The van der Waals surface area contributed by atoms with Crippen molar-refractivity contribution in [1.29, 1.82) is 0 Å². The molecule has 5 rings (SSSR count). The summed E-state index contributed by atoms with van der Waals surface area (Å²) in [7, 11) is 3.05. The van der Waals surface area contributed by atoms with Crippen LogP contribution in [0.5, 0.6) is 11.5 Å². The van der Waals surface area contributed by atoms with Gasteiger partial charge in [0.25, 0.3) is 5.91 Å². The molecular weight excluding hydrogens is 482 g/mol. The number of ether oxygens (including phenoxy) is 2. The summed E-state index contributed by atoms with van der Waals surface area (Å²) >= 11 is 6.10. The molecule has 1 unspecified atom stereocenters. The van der Waals surface area contributed by atoms with Gasteiger partial charge in [-0.3, -0.25) is 9.59 Å². The van der Waals surface area contributed by atoms with Crippen molar-refractivity contribution in [3.8, 4) is 11.5 Å². The zero-order valence-corrected chi connectivity index (χ0v) is 20.3. The molecule has 4 aromatic rings. The first kappa shape index (κ1) is 23.5. The number of Topliss-reactive ketones (excluding diaryl/α,β-unsaturated/α-hetero) is 1. The summed E-state index contributed by atoms with van der Waals surface area (Å²) in [5.74, 6) is -0.841. The molecule has 182 valence electrons. The molecule has 0 radical (unpaired) electrons. The molecule has 3 aromatic carbocycles. The molecule has 7 nitrogen and oxygen atoms in total. The molecule has 1 atom stereocenters. The minimum absolute atomic E-state index is 0.0121. The average molecular weight is 504 g/mol. The second-order valence-electron chi connectivity index (χ2n) is 8.28. The lowest BCUT2D eigenvalue weighted by molar-refractivity contribution is -0.130. The van der Waals surface area contributed by atoms with E-state index < -0.39 is 23.5 Å². The van der Waals surface area contributed by atoms with E-state index >= 15 is 0 Å². The van der Waals surface area contributed by atoms with Crippen LogP contribution < -0.4 is 9.47 Å². The molecule has 1 N–H and O–H groups in total. The number of amides is 1. The number of aliphatic hydroxyl groups excluding tert-OH is 1. The number of benzene rings is 3. The number of carbonyl (C=O) groups excluding carboxylic acids is 2. The summed E-state index contributed by atoms with van der Waals surface area (Å²) in [4.78, 5) is 28.5. The Kier molecular flexibility index (Phi) is 6.16. The molecule has 1 aliphatic heterocycles. The first-order valence-corrected chi connectivity index (χ1v) is 11.5. The van der Waals surface area contributed by atoms with Crippen molar-refractivity contribution in [2.75, 3.05) is 14.2 Å². The number of hydrogen-bond acceptors (Lipinski definition) is 6. The van der Waals surface area contributed by atoms with Gasteiger partial charge in [-0.1, -0.05) is 54.1 Å². The van der Waals surface area contributed by atoms with Crippen LogP contribution in [0.4, 0.5) is 0 Å². The summed E-state index contributed by atoms with van der Waals surface area (Å²) < 4.78 is 16.6. The molecule has 0 fully saturated rings. The molecule has 0 spiro atoms. The Balaban J connectivity index is 1.61. The van der Waals surface area contributed by atoms with Gasteiger partial charge >= 0.3 is 0 Å². The predicted molar refractivity (Wildman–Crippen MR) is 134 cm³/mol. The van der Waals surface area contributed by atoms with Crippen molar-refractivity contribution in [2.24, 2.45) is 0 Å². The van der Waals surface area contributed by atoms with Gasteiger partial charge in [-0.25, -0.2) is 0 Å². The monoisotopic (exact) mass is 503 g/mol.